The summed E-state index contributed by atoms with van der Waals surface area (Å²) in [6.45, 7) is 0. The largest absolute Gasteiger partial charge is 0.496 e. The molecule has 0 radical (unpaired) electrons. The predicted molar refractivity (Wildman–Crippen MR) is 64.3 cm³/mol. The lowest BCUT2D eigenvalue weighted by molar-refractivity contribution is 0.389. The Labute approximate surface area is 94.1 Å². The molecule has 0 atom stereocenters. The van der Waals surface area contributed by atoms with Gasteiger partial charge in [-0.25, -0.2) is 0 Å². The zero-order valence-electron chi connectivity index (χ0n) is 9.28. The highest BCUT2D eigenvalue weighted by molar-refractivity contribution is 6.08. The highest BCUT2D eigenvalue weighted by Gasteiger charge is 2.13. The number of benzene rings is 2. The SMILES string of the molecule is COC(=N)c1c(OC)ccc2ccccc12. The maximum absolute atomic E-state index is 7.80. The normalized spacial score (nSPS) is 10.1. The fourth-order valence-corrected chi connectivity index (χ4v) is 1.76. The van der Waals surface area contributed by atoms with Crippen molar-refractivity contribution in [1.82, 2.24) is 0 Å². The number of hydrogen-bond acceptors (Lipinski definition) is 3. The summed E-state index contributed by atoms with van der Waals surface area (Å²) < 4.78 is 10.2. The van der Waals surface area contributed by atoms with Crippen molar-refractivity contribution >= 4 is 16.7 Å². The Bertz CT molecular complexity index is 534. The van der Waals surface area contributed by atoms with Crippen molar-refractivity contribution in [2.75, 3.05) is 14.2 Å². The third-order valence-electron chi connectivity index (χ3n) is 2.54. The second-order valence-corrected chi connectivity index (χ2v) is 3.40. The van der Waals surface area contributed by atoms with Crippen LogP contribution in [0.1, 0.15) is 5.56 Å². The number of methoxy groups -OCH3 is 2. The summed E-state index contributed by atoms with van der Waals surface area (Å²) >= 11 is 0. The molecule has 0 amide bonds. The molecule has 1 N–H and O–H groups in total. The zero-order valence-corrected chi connectivity index (χ0v) is 9.28. The Morgan fingerprint density at radius 2 is 1.81 bits per heavy atom. The van der Waals surface area contributed by atoms with E-state index < -0.39 is 0 Å². The second-order valence-electron chi connectivity index (χ2n) is 3.40. The van der Waals surface area contributed by atoms with Crippen LogP contribution in [0.3, 0.4) is 0 Å². The van der Waals surface area contributed by atoms with E-state index in [1.165, 1.54) is 7.11 Å². The first-order valence-corrected chi connectivity index (χ1v) is 4.96. The fraction of sp³-hybridized carbons (Fsp3) is 0.154. The van der Waals surface area contributed by atoms with Crippen molar-refractivity contribution in [1.29, 1.82) is 5.41 Å². The van der Waals surface area contributed by atoms with E-state index in [2.05, 4.69) is 0 Å². The highest BCUT2D eigenvalue weighted by Crippen LogP contribution is 2.28. The van der Waals surface area contributed by atoms with Gasteiger partial charge in [0.05, 0.1) is 19.8 Å². The van der Waals surface area contributed by atoms with Crippen molar-refractivity contribution in [2.24, 2.45) is 0 Å². The number of ether oxygens (including phenoxy) is 2. The number of nitrogens with one attached hydrogen (secondary N) is 1. The molecular formula is C13H13NO2. The van der Waals surface area contributed by atoms with Gasteiger partial charge in [-0.2, -0.15) is 0 Å². The summed E-state index contributed by atoms with van der Waals surface area (Å²) in [6, 6.07) is 11.7. The number of rotatable bonds is 2. The molecule has 0 bridgehead atoms. The topological polar surface area (TPSA) is 42.3 Å². The molecule has 0 aliphatic carbocycles. The average molecular weight is 215 g/mol. The molecule has 3 nitrogen and oxygen atoms in total. The molecule has 16 heavy (non-hydrogen) atoms. The summed E-state index contributed by atoms with van der Waals surface area (Å²) in [5.74, 6) is 0.777. The Kier molecular flexibility index (Phi) is 2.77. The lowest BCUT2D eigenvalue weighted by Gasteiger charge is -2.11. The van der Waals surface area contributed by atoms with Gasteiger partial charge in [-0.1, -0.05) is 30.3 Å². The maximum atomic E-state index is 7.80. The smallest absolute Gasteiger partial charge is 0.217 e. The van der Waals surface area contributed by atoms with Crippen molar-refractivity contribution < 1.29 is 9.47 Å². The van der Waals surface area contributed by atoms with Crippen LogP contribution in [-0.2, 0) is 4.74 Å². The van der Waals surface area contributed by atoms with Crippen LogP contribution in [0.15, 0.2) is 36.4 Å². The van der Waals surface area contributed by atoms with Gasteiger partial charge >= 0.3 is 0 Å². The van der Waals surface area contributed by atoms with E-state index in [0.717, 1.165) is 10.8 Å². The molecule has 2 aromatic rings. The van der Waals surface area contributed by atoms with E-state index in [0.29, 0.717) is 11.3 Å². The quantitative estimate of drug-likeness (QED) is 0.618. The van der Waals surface area contributed by atoms with Crippen LogP contribution in [0.2, 0.25) is 0 Å². The van der Waals surface area contributed by atoms with Crippen LogP contribution in [0.5, 0.6) is 5.75 Å². The van der Waals surface area contributed by atoms with Gasteiger partial charge in [0.1, 0.15) is 5.75 Å². The van der Waals surface area contributed by atoms with Crippen molar-refractivity contribution in [3.63, 3.8) is 0 Å². The maximum Gasteiger partial charge on any atom is 0.217 e. The summed E-state index contributed by atoms with van der Waals surface area (Å²) in [5.41, 5.74) is 0.697. The minimum atomic E-state index is 0.119. The van der Waals surface area contributed by atoms with E-state index in [1.54, 1.807) is 7.11 Å². The van der Waals surface area contributed by atoms with Gasteiger partial charge in [-0.3, -0.25) is 5.41 Å². The first-order valence-electron chi connectivity index (χ1n) is 4.96. The molecule has 0 aromatic heterocycles. The molecule has 2 aromatic carbocycles. The fourth-order valence-electron chi connectivity index (χ4n) is 1.76. The van der Waals surface area contributed by atoms with Gasteiger partial charge in [0.15, 0.2) is 0 Å². The van der Waals surface area contributed by atoms with Crippen LogP contribution in [0, 0.1) is 5.41 Å². The lowest BCUT2D eigenvalue weighted by atomic mass is 10.0. The molecule has 0 aliphatic heterocycles. The van der Waals surface area contributed by atoms with Gasteiger partial charge in [-0.05, 0) is 16.8 Å². The zero-order chi connectivity index (χ0) is 11.5. The lowest BCUT2D eigenvalue weighted by Crippen LogP contribution is -2.05. The van der Waals surface area contributed by atoms with Crippen LogP contribution in [0.25, 0.3) is 10.8 Å². The molecule has 0 aliphatic rings. The molecule has 0 unspecified atom stereocenters. The Balaban J connectivity index is 2.78. The summed E-state index contributed by atoms with van der Waals surface area (Å²) in [5, 5.41) is 9.84. The minimum Gasteiger partial charge on any atom is -0.496 e. The van der Waals surface area contributed by atoms with Gasteiger partial charge in [0, 0.05) is 0 Å². The van der Waals surface area contributed by atoms with Gasteiger partial charge in [-0.15, -0.1) is 0 Å². The van der Waals surface area contributed by atoms with E-state index in [1.807, 2.05) is 36.4 Å². The van der Waals surface area contributed by atoms with Crippen LogP contribution < -0.4 is 4.74 Å². The second kappa shape index (κ2) is 4.23. The molecular weight excluding hydrogens is 202 g/mol. The Morgan fingerprint density at radius 3 is 2.50 bits per heavy atom. The third kappa shape index (κ3) is 1.60. The van der Waals surface area contributed by atoms with Crippen LogP contribution >= 0.6 is 0 Å². The highest BCUT2D eigenvalue weighted by atomic mass is 16.5. The van der Waals surface area contributed by atoms with Gasteiger partial charge in [0.25, 0.3) is 0 Å². The van der Waals surface area contributed by atoms with Crippen molar-refractivity contribution in [3.8, 4) is 5.75 Å². The molecule has 0 fully saturated rings. The molecule has 82 valence electrons. The minimum absolute atomic E-state index is 0.119. The van der Waals surface area contributed by atoms with E-state index in [4.69, 9.17) is 14.9 Å². The third-order valence-corrected chi connectivity index (χ3v) is 2.54. The van der Waals surface area contributed by atoms with Crippen LogP contribution in [0.4, 0.5) is 0 Å². The van der Waals surface area contributed by atoms with E-state index in [9.17, 15) is 0 Å². The van der Waals surface area contributed by atoms with Gasteiger partial charge < -0.3 is 9.47 Å². The Hall–Kier alpha value is -2.03. The average Bonchev–Trinajstić information content (AvgIpc) is 2.36. The molecule has 0 saturated heterocycles. The van der Waals surface area contributed by atoms with Crippen molar-refractivity contribution in [3.05, 3.63) is 42.0 Å². The van der Waals surface area contributed by atoms with Crippen molar-refractivity contribution in [2.45, 2.75) is 0 Å². The number of hydrogen-bond donors (Lipinski definition) is 1. The number of fused-ring (bicyclic) bond motifs is 1. The molecule has 2 rings (SSSR count). The summed E-state index contributed by atoms with van der Waals surface area (Å²) in [7, 11) is 3.08. The van der Waals surface area contributed by atoms with Gasteiger partial charge in [0.2, 0.25) is 5.90 Å². The summed E-state index contributed by atoms with van der Waals surface area (Å²) in [4.78, 5) is 0. The molecule has 0 saturated carbocycles. The summed E-state index contributed by atoms with van der Waals surface area (Å²) in [6.07, 6.45) is 0. The first-order chi connectivity index (χ1) is 7.77. The Morgan fingerprint density at radius 1 is 1.06 bits per heavy atom. The monoisotopic (exact) mass is 215 g/mol. The first kappa shape index (κ1) is 10.5. The standard InChI is InChI=1S/C13H13NO2/c1-15-11-8-7-9-5-3-4-6-10(9)12(11)13(14)16-2/h3-8,14H,1-2H3. The molecule has 3 heteroatoms. The van der Waals surface area contributed by atoms with E-state index >= 15 is 0 Å². The predicted octanol–water partition coefficient (Wildman–Crippen LogP) is 2.82. The molecule has 0 heterocycles. The molecule has 0 spiro atoms. The van der Waals surface area contributed by atoms with Crippen LogP contribution in [-0.4, -0.2) is 20.1 Å². The van der Waals surface area contributed by atoms with E-state index in [-0.39, 0.29) is 5.90 Å².